The topological polar surface area (TPSA) is 87.5 Å². The van der Waals surface area contributed by atoms with Crippen molar-refractivity contribution in [1.29, 1.82) is 0 Å². The van der Waals surface area contributed by atoms with Crippen LogP contribution in [-0.2, 0) is 0 Å². The Morgan fingerprint density at radius 1 is 1.00 bits per heavy atom. The highest BCUT2D eigenvalue weighted by molar-refractivity contribution is 7.15. The number of fused-ring (bicyclic) bond motifs is 2. The second kappa shape index (κ2) is 11.2. The summed E-state index contributed by atoms with van der Waals surface area (Å²) in [6, 6.07) is 23.9. The molecule has 44 heavy (non-hydrogen) atoms. The quantitative estimate of drug-likeness (QED) is 0.186. The van der Waals surface area contributed by atoms with Gasteiger partial charge in [-0.3, -0.25) is 4.79 Å². The number of ether oxygens (including phenoxy) is 1. The molecule has 0 saturated heterocycles. The number of hydrogen-bond acceptors (Lipinski definition) is 7. The van der Waals surface area contributed by atoms with Gasteiger partial charge in [-0.1, -0.05) is 61.6 Å². The molecule has 0 aliphatic rings. The van der Waals surface area contributed by atoms with Crippen LogP contribution in [0.1, 0.15) is 37.0 Å². The van der Waals surface area contributed by atoms with E-state index in [1.54, 1.807) is 0 Å². The van der Waals surface area contributed by atoms with Crippen molar-refractivity contribution in [3.63, 3.8) is 0 Å². The average molecular weight is 602 g/mol. The van der Waals surface area contributed by atoms with Gasteiger partial charge < -0.3 is 9.15 Å². The van der Waals surface area contributed by atoms with Gasteiger partial charge in [-0.2, -0.15) is 14.6 Å². The first-order valence-corrected chi connectivity index (χ1v) is 15.5. The second-order valence-electron chi connectivity index (χ2n) is 11.3. The lowest BCUT2D eigenvalue weighted by molar-refractivity contribution is 0.288. The highest BCUT2D eigenvalue weighted by Gasteiger charge is 2.20. The zero-order valence-corrected chi connectivity index (χ0v) is 25.8. The Balaban J connectivity index is 1.29. The monoisotopic (exact) mass is 601 g/mol. The Bertz CT molecular complexity index is 2240. The molecule has 9 heteroatoms. The molecule has 0 amide bonds. The lowest BCUT2D eigenvalue weighted by Gasteiger charge is -2.11. The van der Waals surface area contributed by atoms with Crippen LogP contribution < -0.4 is 14.8 Å². The molecule has 0 spiro atoms. The van der Waals surface area contributed by atoms with E-state index in [1.165, 1.54) is 15.9 Å². The van der Waals surface area contributed by atoms with E-state index in [0.717, 1.165) is 56.8 Å². The van der Waals surface area contributed by atoms with Crippen LogP contribution in [0.2, 0.25) is 0 Å². The van der Waals surface area contributed by atoms with Crippen molar-refractivity contribution in [1.82, 2.24) is 24.4 Å². The molecule has 3 aromatic carbocycles. The van der Waals surface area contributed by atoms with Crippen molar-refractivity contribution in [2.75, 3.05) is 6.61 Å². The predicted octanol–water partition coefficient (Wildman–Crippen LogP) is 7.01. The van der Waals surface area contributed by atoms with Crippen molar-refractivity contribution < 1.29 is 9.15 Å². The second-order valence-corrected chi connectivity index (χ2v) is 12.3. The molecule has 0 unspecified atom stereocenters. The van der Waals surface area contributed by atoms with E-state index in [4.69, 9.17) is 14.3 Å². The normalized spacial score (nSPS) is 12.2. The summed E-state index contributed by atoms with van der Waals surface area (Å²) in [5.74, 6) is 2.42. The minimum absolute atomic E-state index is 0.235. The summed E-state index contributed by atoms with van der Waals surface area (Å²) in [6.07, 6.45) is 4.82. The van der Waals surface area contributed by atoms with Crippen LogP contribution in [0, 0.1) is 19.8 Å². The number of thiazole rings is 1. The van der Waals surface area contributed by atoms with Gasteiger partial charge in [0.05, 0.1) is 16.8 Å². The van der Waals surface area contributed by atoms with Gasteiger partial charge in [-0.05, 0) is 74.2 Å². The Morgan fingerprint density at radius 3 is 2.55 bits per heavy atom. The van der Waals surface area contributed by atoms with Crippen LogP contribution in [-0.4, -0.2) is 31.0 Å². The molecule has 7 aromatic rings. The minimum atomic E-state index is -0.235. The van der Waals surface area contributed by atoms with Gasteiger partial charge in [0.1, 0.15) is 17.0 Å². The first-order valence-electron chi connectivity index (χ1n) is 14.6. The molecule has 0 aliphatic heterocycles. The van der Waals surface area contributed by atoms with Crippen LogP contribution in [0.15, 0.2) is 88.2 Å². The predicted molar refractivity (Wildman–Crippen MR) is 175 cm³/mol. The molecular weight excluding hydrogens is 570 g/mol. The van der Waals surface area contributed by atoms with Gasteiger partial charge in [-0.15, -0.1) is 5.10 Å². The SMILES string of the molecule is Cc1cc(-c2nn(-c3ccccc3)cc2/C=c2\sc3nc(-c4oc5ccccc5c4C)nn3c2=O)ccc1OCCC(C)C. The third-order valence-electron chi connectivity index (χ3n) is 7.68. The van der Waals surface area contributed by atoms with Gasteiger partial charge >= 0.3 is 0 Å². The molecule has 8 nitrogen and oxygen atoms in total. The lowest BCUT2D eigenvalue weighted by atomic mass is 10.0. The fourth-order valence-corrected chi connectivity index (χ4v) is 6.15. The number of nitrogens with zero attached hydrogens (tertiary/aromatic N) is 5. The third-order valence-corrected chi connectivity index (χ3v) is 8.64. The smallest absolute Gasteiger partial charge is 0.291 e. The Labute approximate surface area is 257 Å². The van der Waals surface area contributed by atoms with Gasteiger partial charge in [0, 0.05) is 28.3 Å². The minimum Gasteiger partial charge on any atom is -0.493 e. The number of aryl methyl sites for hydroxylation is 2. The molecule has 7 rings (SSSR count). The van der Waals surface area contributed by atoms with Crippen LogP contribution in [0.5, 0.6) is 5.75 Å². The molecule has 0 bridgehead atoms. The molecule has 0 N–H and O–H groups in total. The van der Waals surface area contributed by atoms with Gasteiger partial charge in [0.2, 0.25) is 10.8 Å². The largest absolute Gasteiger partial charge is 0.493 e. The molecule has 4 heterocycles. The molecular formula is C35H31N5O3S. The van der Waals surface area contributed by atoms with Gasteiger partial charge in [0.25, 0.3) is 5.56 Å². The number of hydrogen-bond donors (Lipinski definition) is 0. The molecule has 0 aliphatic carbocycles. The van der Waals surface area contributed by atoms with E-state index >= 15 is 0 Å². The third kappa shape index (κ3) is 5.09. The lowest BCUT2D eigenvalue weighted by Crippen LogP contribution is -2.23. The summed E-state index contributed by atoms with van der Waals surface area (Å²) in [7, 11) is 0. The Hall–Kier alpha value is -5.02. The van der Waals surface area contributed by atoms with Crippen molar-refractivity contribution >= 4 is 33.3 Å². The summed E-state index contributed by atoms with van der Waals surface area (Å²) in [6.45, 7) is 9.08. The van der Waals surface area contributed by atoms with E-state index < -0.39 is 0 Å². The maximum absolute atomic E-state index is 13.6. The Morgan fingerprint density at radius 2 is 1.80 bits per heavy atom. The fraction of sp³-hybridized carbons (Fsp3) is 0.200. The number of benzene rings is 3. The molecule has 0 atom stereocenters. The van der Waals surface area contributed by atoms with Crippen molar-refractivity contribution in [2.24, 2.45) is 5.92 Å². The maximum atomic E-state index is 13.6. The maximum Gasteiger partial charge on any atom is 0.291 e. The molecule has 0 radical (unpaired) electrons. The van der Waals surface area contributed by atoms with Crippen LogP contribution in [0.3, 0.4) is 0 Å². The Kier molecular flexibility index (Phi) is 7.10. The van der Waals surface area contributed by atoms with Crippen LogP contribution in [0.4, 0.5) is 0 Å². The molecule has 220 valence electrons. The standard InChI is InChI=1S/C35H31N5O3S/c1-21(2)16-17-42-28-15-14-24(18-22(28)3)31-25(20-39(37-31)26-10-6-5-7-11-26)19-30-34(41)40-35(44-30)36-33(38-40)32-23(4)27-12-8-9-13-29(27)43-32/h5-15,18-21H,16-17H2,1-4H3/b30-19-. The number of rotatable bonds is 8. The molecule has 0 fully saturated rings. The summed E-state index contributed by atoms with van der Waals surface area (Å²) in [5, 5.41) is 10.5. The first-order chi connectivity index (χ1) is 21.4. The fourth-order valence-electron chi connectivity index (χ4n) is 5.25. The van der Waals surface area contributed by atoms with Crippen LogP contribution >= 0.6 is 11.3 Å². The average Bonchev–Trinajstić information content (AvgIpc) is 3.78. The first kappa shape index (κ1) is 27.8. The zero-order valence-electron chi connectivity index (χ0n) is 24.9. The number of furan rings is 1. The highest BCUT2D eigenvalue weighted by Crippen LogP contribution is 2.32. The van der Waals surface area contributed by atoms with E-state index in [1.807, 2.05) is 97.5 Å². The van der Waals surface area contributed by atoms with Crippen LogP contribution in [0.25, 0.3) is 50.5 Å². The van der Waals surface area contributed by atoms with Gasteiger partial charge in [0.15, 0.2) is 5.76 Å². The van der Waals surface area contributed by atoms with Crippen molar-refractivity contribution in [3.05, 3.63) is 111 Å². The molecule has 4 aromatic heterocycles. The zero-order chi connectivity index (χ0) is 30.4. The highest BCUT2D eigenvalue weighted by atomic mass is 32.1. The van der Waals surface area contributed by atoms with E-state index in [-0.39, 0.29) is 5.56 Å². The summed E-state index contributed by atoms with van der Waals surface area (Å²) < 4.78 is 15.8. The summed E-state index contributed by atoms with van der Waals surface area (Å²) in [4.78, 5) is 18.8. The van der Waals surface area contributed by atoms with E-state index in [9.17, 15) is 4.79 Å². The number of para-hydroxylation sites is 2. The number of aromatic nitrogens is 5. The van der Waals surface area contributed by atoms with Crippen molar-refractivity contribution in [3.8, 4) is 34.3 Å². The summed E-state index contributed by atoms with van der Waals surface area (Å²) >= 11 is 1.30. The van der Waals surface area contributed by atoms with E-state index in [0.29, 0.717) is 33.6 Å². The van der Waals surface area contributed by atoms with E-state index in [2.05, 4.69) is 30.0 Å². The summed E-state index contributed by atoms with van der Waals surface area (Å²) in [5.41, 5.74) is 5.96. The molecule has 0 saturated carbocycles. The van der Waals surface area contributed by atoms with Gasteiger partial charge in [-0.25, -0.2) is 4.68 Å². The van der Waals surface area contributed by atoms with Crippen molar-refractivity contribution in [2.45, 2.75) is 34.1 Å².